The van der Waals surface area contributed by atoms with Crippen LogP contribution in [0.15, 0.2) is 47.4 Å². The van der Waals surface area contributed by atoms with Crippen LogP contribution in [0, 0.1) is 6.92 Å². The molecule has 6 nitrogen and oxygen atoms in total. The number of aromatic carboxylic acids is 1. The van der Waals surface area contributed by atoms with E-state index < -0.39 is 21.7 Å². The van der Waals surface area contributed by atoms with Crippen molar-refractivity contribution in [2.45, 2.75) is 11.8 Å². The van der Waals surface area contributed by atoms with Gasteiger partial charge in [-0.15, -0.1) is 0 Å². The number of carboxylic acids is 1. The normalized spacial score (nSPS) is 11.0. The van der Waals surface area contributed by atoms with Gasteiger partial charge in [-0.2, -0.15) is 0 Å². The number of carbonyl (C=O) groups excluding carboxylic acids is 1. The van der Waals surface area contributed by atoms with E-state index >= 15 is 0 Å². The topological polar surface area (TPSA) is 101 Å². The van der Waals surface area contributed by atoms with Gasteiger partial charge in [0.25, 0.3) is 5.91 Å². The fourth-order valence-corrected chi connectivity index (χ4v) is 2.62. The van der Waals surface area contributed by atoms with E-state index in [0.29, 0.717) is 11.3 Å². The zero-order valence-corrected chi connectivity index (χ0v) is 13.3. The maximum absolute atomic E-state index is 12.3. The predicted octanol–water partition coefficient (Wildman–Crippen LogP) is 2.35. The molecule has 0 bridgehead atoms. The second-order valence-corrected chi connectivity index (χ2v) is 7.10. The maximum Gasteiger partial charge on any atom is 0.335 e. The Morgan fingerprint density at radius 3 is 2.35 bits per heavy atom. The van der Waals surface area contributed by atoms with Crippen molar-refractivity contribution >= 4 is 27.4 Å². The van der Waals surface area contributed by atoms with E-state index in [-0.39, 0.29) is 16.0 Å². The number of carbonyl (C=O) groups is 2. The lowest BCUT2D eigenvalue weighted by Gasteiger charge is -2.10. The lowest BCUT2D eigenvalue weighted by Crippen LogP contribution is -2.14. The van der Waals surface area contributed by atoms with Crippen LogP contribution in [0.25, 0.3) is 0 Å². The van der Waals surface area contributed by atoms with Crippen molar-refractivity contribution in [3.63, 3.8) is 0 Å². The highest BCUT2D eigenvalue weighted by Crippen LogP contribution is 2.19. The standard InChI is InChI=1S/C16H15NO5S/c1-10-6-7-12(16(19)20)9-14(10)17-15(18)11-4-3-5-13(8-11)23(2,21)22/h3-9H,1-2H3,(H,17,18)(H,19,20). The van der Waals surface area contributed by atoms with Crippen LogP contribution in [-0.4, -0.2) is 31.7 Å². The molecule has 0 radical (unpaired) electrons. The molecule has 0 fully saturated rings. The van der Waals surface area contributed by atoms with Crippen LogP contribution < -0.4 is 5.32 Å². The van der Waals surface area contributed by atoms with E-state index in [0.717, 1.165) is 6.26 Å². The van der Waals surface area contributed by atoms with Gasteiger partial charge in [0.15, 0.2) is 9.84 Å². The monoisotopic (exact) mass is 333 g/mol. The molecule has 2 rings (SSSR count). The van der Waals surface area contributed by atoms with Crippen LogP contribution in [0.1, 0.15) is 26.3 Å². The van der Waals surface area contributed by atoms with E-state index in [1.807, 2.05) is 0 Å². The molecule has 23 heavy (non-hydrogen) atoms. The van der Waals surface area contributed by atoms with Gasteiger partial charge in [-0.1, -0.05) is 12.1 Å². The van der Waals surface area contributed by atoms with Crippen LogP contribution >= 0.6 is 0 Å². The van der Waals surface area contributed by atoms with E-state index in [1.54, 1.807) is 13.0 Å². The first kappa shape index (κ1) is 16.7. The van der Waals surface area contributed by atoms with Crippen molar-refractivity contribution in [1.29, 1.82) is 0 Å². The number of sulfone groups is 1. The Morgan fingerprint density at radius 2 is 1.74 bits per heavy atom. The van der Waals surface area contributed by atoms with Gasteiger partial charge >= 0.3 is 5.97 Å². The smallest absolute Gasteiger partial charge is 0.335 e. The summed E-state index contributed by atoms with van der Waals surface area (Å²) in [6, 6.07) is 10.0. The zero-order chi connectivity index (χ0) is 17.2. The summed E-state index contributed by atoms with van der Waals surface area (Å²) in [5, 5.41) is 11.6. The third-order valence-electron chi connectivity index (χ3n) is 3.26. The highest BCUT2D eigenvalue weighted by Gasteiger charge is 2.13. The molecule has 0 unspecified atom stereocenters. The van der Waals surface area contributed by atoms with Crippen molar-refractivity contribution in [2.24, 2.45) is 0 Å². The Morgan fingerprint density at radius 1 is 1.04 bits per heavy atom. The molecule has 0 aromatic heterocycles. The lowest BCUT2D eigenvalue weighted by atomic mass is 10.1. The number of benzene rings is 2. The van der Waals surface area contributed by atoms with Crippen molar-refractivity contribution in [2.75, 3.05) is 11.6 Å². The van der Waals surface area contributed by atoms with Gasteiger partial charge in [-0.3, -0.25) is 4.79 Å². The molecule has 0 spiro atoms. The number of anilines is 1. The number of hydrogen-bond acceptors (Lipinski definition) is 4. The second kappa shape index (κ2) is 6.21. The molecule has 0 saturated heterocycles. The first-order valence-electron chi connectivity index (χ1n) is 6.64. The van der Waals surface area contributed by atoms with Crippen LogP contribution in [0.5, 0.6) is 0 Å². The van der Waals surface area contributed by atoms with Crippen molar-refractivity contribution < 1.29 is 23.1 Å². The largest absolute Gasteiger partial charge is 0.478 e. The molecule has 0 aliphatic rings. The van der Waals surface area contributed by atoms with E-state index in [4.69, 9.17) is 5.11 Å². The first-order chi connectivity index (χ1) is 10.7. The summed E-state index contributed by atoms with van der Waals surface area (Å²) in [5.74, 6) is -1.61. The molecule has 0 atom stereocenters. The van der Waals surface area contributed by atoms with E-state index in [1.165, 1.54) is 36.4 Å². The van der Waals surface area contributed by atoms with Crippen LogP contribution in [0.4, 0.5) is 5.69 Å². The number of nitrogens with one attached hydrogen (secondary N) is 1. The van der Waals surface area contributed by atoms with Gasteiger partial charge in [0.1, 0.15) is 0 Å². The minimum Gasteiger partial charge on any atom is -0.478 e. The van der Waals surface area contributed by atoms with Crippen LogP contribution in [0.2, 0.25) is 0 Å². The number of carboxylic acid groups (broad SMARTS) is 1. The first-order valence-corrected chi connectivity index (χ1v) is 8.53. The summed E-state index contributed by atoms with van der Waals surface area (Å²) in [5.41, 5.74) is 1.28. The van der Waals surface area contributed by atoms with Gasteiger partial charge in [0.05, 0.1) is 10.5 Å². The zero-order valence-electron chi connectivity index (χ0n) is 12.5. The SMILES string of the molecule is Cc1ccc(C(=O)O)cc1NC(=O)c1cccc(S(C)(=O)=O)c1. The minimum atomic E-state index is -3.42. The van der Waals surface area contributed by atoms with Gasteiger partial charge in [-0.25, -0.2) is 13.2 Å². The van der Waals surface area contributed by atoms with Crippen molar-refractivity contribution in [3.8, 4) is 0 Å². The molecule has 0 aliphatic carbocycles. The van der Waals surface area contributed by atoms with Gasteiger partial charge in [-0.05, 0) is 42.8 Å². The third kappa shape index (κ3) is 3.95. The van der Waals surface area contributed by atoms with Crippen LogP contribution in [0.3, 0.4) is 0 Å². The summed E-state index contributed by atoms with van der Waals surface area (Å²) in [4.78, 5) is 23.3. The molecule has 1 amide bonds. The molecule has 2 aromatic carbocycles. The molecule has 7 heteroatoms. The summed E-state index contributed by atoms with van der Waals surface area (Å²) in [7, 11) is -3.42. The molecule has 0 heterocycles. The quantitative estimate of drug-likeness (QED) is 0.894. The van der Waals surface area contributed by atoms with Gasteiger partial charge in [0.2, 0.25) is 0 Å². The Labute approximate surface area is 133 Å². The predicted molar refractivity (Wildman–Crippen MR) is 85.6 cm³/mol. The third-order valence-corrected chi connectivity index (χ3v) is 4.37. The van der Waals surface area contributed by atoms with Gasteiger partial charge in [0, 0.05) is 17.5 Å². The number of hydrogen-bond donors (Lipinski definition) is 2. The molecule has 2 N–H and O–H groups in total. The Balaban J connectivity index is 2.33. The number of aryl methyl sites for hydroxylation is 1. The molecule has 0 aliphatic heterocycles. The second-order valence-electron chi connectivity index (χ2n) is 5.09. The van der Waals surface area contributed by atoms with Gasteiger partial charge < -0.3 is 10.4 Å². The highest BCUT2D eigenvalue weighted by atomic mass is 32.2. The molecule has 0 saturated carbocycles. The highest BCUT2D eigenvalue weighted by molar-refractivity contribution is 7.90. The summed E-state index contributed by atoms with van der Waals surface area (Å²) >= 11 is 0. The number of amides is 1. The van der Waals surface area contributed by atoms with Crippen molar-refractivity contribution in [1.82, 2.24) is 0 Å². The van der Waals surface area contributed by atoms with Crippen molar-refractivity contribution in [3.05, 3.63) is 59.2 Å². The fourth-order valence-electron chi connectivity index (χ4n) is 1.95. The number of rotatable bonds is 4. The Hall–Kier alpha value is -2.67. The lowest BCUT2D eigenvalue weighted by molar-refractivity contribution is 0.0696. The molecule has 2 aromatic rings. The summed E-state index contributed by atoms with van der Waals surface area (Å²) in [6.07, 6.45) is 1.06. The minimum absolute atomic E-state index is 0.0427. The van der Waals surface area contributed by atoms with E-state index in [2.05, 4.69) is 5.32 Å². The average Bonchev–Trinajstić information content (AvgIpc) is 2.48. The fraction of sp³-hybridized carbons (Fsp3) is 0.125. The molecular formula is C16H15NO5S. The Kier molecular flexibility index (Phi) is 4.51. The molecular weight excluding hydrogens is 318 g/mol. The average molecular weight is 333 g/mol. The van der Waals surface area contributed by atoms with Crippen LogP contribution in [-0.2, 0) is 9.84 Å². The maximum atomic E-state index is 12.3. The van der Waals surface area contributed by atoms with E-state index in [9.17, 15) is 18.0 Å². The summed E-state index contributed by atoms with van der Waals surface area (Å²) < 4.78 is 23.1. The summed E-state index contributed by atoms with van der Waals surface area (Å²) in [6.45, 7) is 1.73. The molecule has 120 valence electrons. The Bertz CT molecular complexity index is 887.